The van der Waals surface area contributed by atoms with Gasteiger partial charge in [-0.05, 0) is 62.1 Å². The smallest absolute Gasteiger partial charge is 0.281 e. The number of amides is 2. The van der Waals surface area contributed by atoms with Gasteiger partial charge in [0.05, 0.1) is 13.2 Å². The summed E-state index contributed by atoms with van der Waals surface area (Å²) in [6.07, 6.45) is 6.25. The van der Waals surface area contributed by atoms with E-state index in [0.717, 1.165) is 42.7 Å². The highest BCUT2D eigenvalue weighted by Gasteiger charge is 2.30. The summed E-state index contributed by atoms with van der Waals surface area (Å²) < 4.78 is 11.6. The van der Waals surface area contributed by atoms with Gasteiger partial charge < -0.3 is 25.3 Å². The van der Waals surface area contributed by atoms with Gasteiger partial charge in [-0.15, -0.1) is 0 Å². The Morgan fingerprint density at radius 1 is 1.14 bits per heavy atom. The molecule has 0 spiro atoms. The van der Waals surface area contributed by atoms with Crippen LogP contribution in [0.25, 0.3) is 0 Å². The molecule has 1 aromatic rings. The van der Waals surface area contributed by atoms with Gasteiger partial charge in [0, 0.05) is 13.1 Å². The number of carbonyl (C=O) groups excluding carboxylic acids is 2. The van der Waals surface area contributed by atoms with Gasteiger partial charge in [0.2, 0.25) is 5.71 Å². The summed E-state index contributed by atoms with van der Waals surface area (Å²) in [7, 11) is 1.64. The first kappa shape index (κ1) is 20.0. The summed E-state index contributed by atoms with van der Waals surface area (Å²) in [6, 6.07) is 6.01. The van der Waals surface area contributed by atoms with Gasteiger partial charge in [0.15, 0.2) is 11.5 Å². The Hall–Kier alpha value is -2.77. The summed E-state index contributed by atoms with van der Waals surface area (Å²) >= 11 is 0. The molecule has 0 radical (unpaired) electrons. The zero-order valence-electron chi connectivity index (χ0n) is 16.1. The van der Waals surface area contributed by atoms with Crippen LogP contribution in [-0.2, 0) is 9.59 Å². The summed E-state index contributed by atoms with van der Waals surface area (Å²) in [5.74, 6) is 0.109. The lowest BCUT2D eigenvalue weighted by Gasteiger charge is -2.32. The van der Waals surface area contributed by atoms with E-state index < -0.39 is 17.5 Å². The van der Waals surface area contributed by atoms with E-state index in [1.807, 2.05) is 18.2 Å². The average Bonchev–Trinajstić information content (AvgIpc) is 3.21. The third-order valence-corrected chi connectivity index (χ3v) is 5.57. The van der Waals surface area contributed by atoms with Gasteiger partial charge in [-0.1, -0.05) is 11.2 Å². The number of ether oxygens (including phenoxy) is 2. The van der Waals surface area contributed by atoms with Crippen LogP contribution in [0.2, 0.25) is 0 Å². The van der Waals surface area contributed by atoms with Gasteiger partial charge in [-0.2, -0.15) is 0 Å². The average molecular weight is 389 g/mol. The van der Waals surface area contributed by atoms with E-state index in [2.05, 4.69) is 5.16 Å². The molecule has 1 heterocycles. The Kier molecular flexibility index (Phi) is 6.38. The number of piperidine rings is 1. The molecule has 0 atom stereocenters. The molecule has 0 unspecified atom stereocenters. The molecule has 1 saturated heterocycles. The lowest BCUT2D eigenvalue weighted by atomic mass is 9.89. The molecule has 2 fully saturated rings. The number of nitrogens with two attached hydrogens (primary N) is 1. The van der Waals surface area contributed by atoms with Crippen molar-refractivity contribution in [3.05, 3.63) is 23.8 Å². The maximum Gasteiger partial charge on any atom is 0.281 e. The molecule has 1 saturated carbocycles. The van der Waals surface area contributed by atoms with Gasteiger partial charge in [0.1, 0.15) is 0 Å². The number of benzene rings is 1. The van der Waals surface area contributed by atoms with Crippen LogP contribution in [0.3, 0.4) is 0 Å². The summed E-state index contributed by atoms with van der Waals surface area (Å²) in [6.45, 7) is 0.918. The predicted molar refractivity (Wildman–Crippen MR) is 103 cm³/mol. The minimum Gasteiger partial charge on any atom is -0.493 e. The molecule has 8 nitrogen and oxygen atoms in total. The van der Waals surface area contributed by atoms with Crippen molar-refractivity contribution in [2.75, 3.05) is 20.2 Å². The van der Waals surface area contributed by atoms with E-state index in [9.17, 15) is 9.59 Å². The van der Waals surface area contributed by atoms with Crippen LogP contribution in [-0.4, -0.2) is 53.9 Å². The van der Waals surface area contributed by atoms with Crippen molar-refractivity contribution < 1.29 is 24.3 Å². The fourth-order valence-corrected chi connectivity index (χ4v) is 3.99. The van der Waals surface area contributed by atoms with Gasteiger partial charge in [-0.3, -0.25) is 9.59 Å². The molecule has 0 aromatic heterocycles. The van der Waals surface area contributed by atoms with E-state index in [4.69, 9.17) is 20.4 Å². The van der Waals surface area contributed by atoms with Gasteiger partial charge in [-0.25, -0.2) is 0 Å². The zero-order chi connectivity index (χ0) is 20.1. The van der Waals surface area contributed by atoms with Crippen molar-refractivity contribution in [1.29, 1.82) is 0 Å². The lowest BCUT2D eigenvalue weighted by molar-refractivity contribution is -0.126. The zero-order valence-corrected chi connectivity index (χ0v) is 16.1. The highest BCUT2D eigenvalue weighted by molar-refractivity contribution is 6.64. The molecule has 1 aliphatic carbocycles. The molecule has 3 rings (SSSR count). The first-order valence-corrected chi connectivity index (χ1v) is 9.69. The molecule has 3 N–H and O–H groups in total. The third kappa shape index (κ3) is 4.37. The van der Waals surface area contributed by atoms with Gasteiger partial charge in [0.25, 0.3) is 11.8 Å². The largest absolute Gasteiger partial charge is 0.493 e. The van der Waals surface area contributed by atoms with Crippen molar-refractivity contribution in [1.82, 2.24) is 4.90 Å². The van der Waals surface area contributed by atoms with Crippen LogP contribution in [0.1, 0.15) is 50.0 Å². The Morgan fingerprint density at radius 3 is 2.39 bits per heavy atom. The number of nitrogens with zero attached hydrogens (tertiary/aromatic N) is 2. The topological polar surface area (TPSA) is 114 Å². The number of carbonyl (C=O) groups is 2. The van der Waals surface area contributed by atoms with E-state index in [0.29, 0.717) is 13.1 Å². The minimum absolute atomic E-state index is 0.244. The maximum absolute atomic E-state index is 12.2. The second-order valence-electron chi connectivity index (χ2n) is 7.31. The second-order valence-corrected chi connectivity index (χ2v) is 7.31. The van der Waals surface area contributed by atoms with Crippen LogP contribution in [0.15, 0.2) is 23.4 Å². The number of hydrogen-bond donors (Lipinski definition) is 2. The predicted octanol–water partition coefficient (Wildman–Crippen LogP) is 2.04. The van der Waals surface area contributed by atoms with E-state index >= 15 is 0 Å². The summed E-state index contributed by atoms with van der Waals surface area (Å²) in [5, 5.41) is 11.6. The number of rotatable bonds is 6. The monoisotopic (exact) mass is 389 g/mol. The van der Waals surface area contributed by atoms with Crippen LogP contribution in [0.4, 0.5) is 0 Å². The molecule has 1 aromatic carbocycles. The first-order valence-electron chi connectivity index (χ1n) is 9.69. The molecule has 1 aliphatic heterocycles. The highest BCUT2D eigenvalue weighted by Crippen LogP contribution is 2.37. The molecular formula is C20H27N3O5. The van der Waals surface area contributed by atoms with Crippen molar-refractivity contribution in [2.45, 2.75) is 50.5 Å². The summed E-state index contributed by atoms with van der Waals surface area (Å²) in [4.78, 5) is 24.9. The Labute approximate surface area is 164 Å². The maximum atomic E-state index is 12.2. The SMILES string of the molecule is COc1ccc(C2CCN(C(=O)C(=NO)C(N)=O)CC2)cc1OC1CCCC1. The van der Waals surface area contributed by atoms with E-state index in [1.165, 1.54) is 17.7 Å². The lowest BCUT2D eigenvalue weighted by Crippen LogP contribution is -2.45. The first-order chi connectivity index (χ1) is 13.5. The number of oxime groups is 1. The van der Waals surface area contributed by atoms with Crippen molar-refractivity contribution in [3.8, 4) is 11.5 Å². The Balaban J connectivity index is 1.66. The number of methoxy groups -OCH3 is 1. The van der Waals surface area contributed by atoms with Gasteiger partial charge >= 0.3 is 0 Å². The quantitative estimate of drug-likeness (QED) is 0.334. The van der Waals surface area contributed by atoms with Crippen LogP contribution < -0.4 is 15.2 Å². The van der Waals surface area contributed by atoms with E-state index in [1.54, 1.807) is 7.11 Å². The van der Waals surface area contributed by atoms with E-state index in [-0.39, 0.29) is 12.0 Å². The molecule has 2 amide bonds. The van der Waals surface area contributed by atoms with Crippen molar-refractivity contribution in [2.24, 2.45) is 10.9 Å². The van der Waals surface area contributed by atoms with Crippen molar-refractivity contribution >= 4 is 17.5 Å². The molecule has 8 heteroatoms. The molecular weight excluding hydrogens is 362 g/mol. The van der Waals surface area contributed by atoms with Crippen LogP contribution in [0, 0.1) is 0 Å². The third-order valence-electron chi connectivity index (χ3n) is 5.57. The Bertz CT molecular complexity index is 750. The fraction of sp³-hybridized carbons (Fsp3) is 0.550. The normalized spacial score (nSPS) is 18.9. The second kappa shape index (κ2) is 8.95. The minimum atomic E-state index is -1.03. The molecule has 28 heavy (non-hydrogen) atoms. The highest BCUT2D eigenvalue weighted by atomic mass is 16.5. The molecule has 0 bridgehead atoms. The van der Waals surface area contributed by atoms with Crippen LogP contribution >= 0.6 is 0 Å². The number of hydrogen-bond acceptors (Lipinski definition) is 6. The van der Waals surface area contributed by atoms with Crippen LogP contribution in [0.5, 0.6) is 11.5 Å². The number of likely N-dealkylation sites (tertiary alicyclic amines) is 1. The summed E-state index contributed by atoms with van der Waals surface area (Å²) in [5.41, 5.74) is 5.60. The molecule has 152 valence electrons. The van der Waals surface area contributed by atoms with Crippen molar-refractivity contribution in [3.63, 3.8) is 0 Å². The molecule has 2 aliphatic rings. The number of primary amides is 1. The standard InChI is InChI=1S/C20H27N3O5/c1-27-16-7-6-14(12-17(16)28-15-4-2-3-5-15)13-8-10-23(11-9-13)20(25)18(22-26)19(21)24/h6-7,12-13,15,26H,2-5,8-11H2,1H3,(H2,21,24). The Morgan fingerprint density at radius 2 is 1.82 bits per heavy atom. The fourth-order valence-electron chi connectivity index (χ4n) is 3.99.